The van der Waals surface area contributed by atoms with E-state index in [2.05, 4.69) is 10.6 Å². The highest BCUT2D eigenvalue weighted by Gasteiger charge is 2.34. The van der Waals surface area contributed by atoms with Crippen LogP contribution in [0.5, 0.6) is 5.75 Å². The molecular formula is C20H19F3N2O4. The molecular weight excluding hydrogens is 389 g/mol. The predicted molar refractivity (Wildman–Crippen MR) is 101 cm³/mol. The molecule has 154 valence electrons. The van der Waals surface area contributed by atoms with Crippen LogP contribution in [0.4, 0.5) is 24.5 Å². The number of ether oxygens (including phenoxy) is 1. The first-order valence-electron chi connectivity index (χ1n) is 8.47. The number of halogens is 3. The Hall–Kier alpha value is -3.36. The number of methoxy groups -OCH3 is 1. The van der Waals surface area contributed by atoms with Crippen molar-refractivity contribution in [3.05, 3.63) is 53.1 Å². The summed E-state index contributed by atoms with van der Waals surface area (Å²) in [7, 11) is 1.38. The maximum Gasteiger partial charge on any atom is 0.418 e. The molecule has 0 aliphatic rings. The Balaban J connectivity index is 2.30. The molecule has 0 saturated heterocycles. The molecule has 0 saturated carbocycles. The number of rotatable bonds is 6. The summed E-state index contributed by atoms with van der Waals surface area (Å²) < 4.78 is 45.3. The lowest BCUT2D eigenvalue weighted by Gasteiger charge is -2.16. The number of amides is 2. The Kier molecular flexibility index (Phi) is 6.63. The highest BCUT2D eigenvalue weighted by atomic mass is 19.4. The lowest BCUT2D eigenvalue weighted by Crippen LogP contribution is -2.19. The molecule has 29 heavy (non-hydrogen) atoms. The number of hydrogen-bond acceptors (Lipinski definition) is 4. The Morgan fingerprint density at radius 2 is 1.69 bits per heavy atom. The zero-order valence-electron chi connectivity index (χ0n) is 15.9. The molecule has 0 heterocycles. The third-order valence-corrected chi connectivity index (χ3v) is 3.96. The van der Waals surface area contributed by atoms with E-state index in [1.54, 1.807) is 0 Å². The van der Waals surface area contributed by atoms with Gasteiger partial charge in [0, 0.05) is 23.7 Å². The highest BCUT2D eigenvalue weighted by Crippen LogP contribution is 2.36. The van der Waals surface area contributed by atoms with Gasteiger partial charge >= 0.3 is 6.18 Å². The van der Waals surface area contributed by atoms with Crippen LogP contribution < -0.4 is 15.4 Å². The summed E-state index contributed by atoms with van der Waals surface area (Å²) in [6.45, 7) is 2.53. The van der Waals surface area contributed by atoms with Gasteiger partial charge in [0.15, 0.2) is 5.78 Å². The van der Waals surface area contributed by atoms with Gasteiger partial charge < -0.3 is 15.4 Å². The number of ketones is 1. The van der Waals surface area contributed by atoms with Gasteiger partial charge in [-0.1, -0.05) is 0 Å². The maximum atomic E-state index is 13.4. The van der Waals surface area contributed by atoms with Crippen molar-refractivity contribution < 1.29 is 32.3 Å². The summed E-state index contributed by atoms with van der Waals surface area (Å²) in [6.07, 6.45) is -5.04. The first-order valence-corrected chi connectivity index (χ1v) is 8.47. The van der Waals surface area contributed by atoms with E-state index in [1.165, 1.54) is 45.2 Å². The summed E-state index contributed by atoms with van der Waals surface area (Å²) >= 11 is 0. The van der Waals surface area contributed by atoms with Crippen LogP contribution in [0.3, 0.4) is 0 Å². The average Bonchev–Trinajstić information content (AvgIpc) is 2.61. The molecule has 9 heteroatoms. The highest BCUT2D eigenvalue weighted by molar-refractivity contribution is 5.97. The van der Waals surface area contributed by atoms with Crippen LogP contribution in [-0.2, 0) is 22.2 Å². The molecule has 2 amide bonds. The fraction of sp³-hybridized carbons (Fsp3) is 0.250. The molecule has 0 fully saturated rings. The van der Waals surface area contributed by atoms with Crippen LogP contribution >= 0.6 is 0 Å². The van der Waals surface area contributed by atoms with Crippen molar-refractivity contribution in [3.63, 3.8) is 0 Å². The van der Waals surface area contributed by atoms with Crippen molar-refractivity contribution >= 4 is 29.0 Å². The Morgan fingerprint density at radius 3 is 2.24 bits per heavy atom. The topological polar surface area (TPSA) is 84.5 Å². The molecule has 2 rings (SSSR count). The van der Waals surface area contributed by atoms with Crippen molar-refractivity contribution in [2.75, 3.05) is 17.7 Å². The number of carbonyl (C=O) groups is 3. The van der Waals surface area contributed by atoms with Crippen LogP contribution in [-0.4, -0.2) is 24.7 Å². The third-order valence-electron chi connectivity index (χ3n) is 3.96. The van der Waals surface area contributed by atoms with Gasteiger partial charge in [0.25, 0.3) is 0 Å². The van der Waals surface area contributed by atoms with Crippen LogP contribution in [0.25, 0.3) is 0 Å². The van der Waals surface area contributed by atoms with Crippen molar-refractivity contribution in [1.82, 2.24) is 0 Å². The molecule has 0 aromatic heterocycles. The zero-order valence-corrected chi connectivity index (χ0v) is 15.9. The van der Waals surface area contributed by atoms with Gasteiger partial charge in [-0.2, -0.15) is 13.2 Å². The Bertz CT molecular complexity index is 955. The summed E-state index contributed by atoms with van der Waals surface area (Å²) in [5.74, 6) is -1.13. The lowest BCUT2D eigenvalue weighted by atomic mass is 10.0. The number of hydrogen-bond donors (Lipinski definition) is 2. The van der Waals surface area contributed by atoms with Gasteiger partial charge in [0.2, 0.25) is 11.8 Å². The second kappa shape index (κ2) is 8.76. The van der Waals surface area contributed by atoms with E-state index in [1.807, 2.05) is 0 Å². The largest absolute Gasteiger partial charge is 0.496 e. The minimum atomic E-state index is -4.75. The lowest BCUT2D eigenvalue weighted by molar-refractivity contribution is -0.137. The molecule has 2 aromatic rings. The summed E-state index contributed by atoms with van der Waals surface area (Å²) in [4.78, 5) is 35.0. The zero-order chi connectivity index (χ0) is 21.8. The number of Topliss-reactive ketones (excluding diaryl/α,β-unsaturated/α-hetero) is 1. The first kappa shape index (κ1) is 21.9. The SMILES string of the molecule is COc1ccc(C(C)=O)cc1CC(=O)Nc1ccc(NC(C)=O)cc1C(F)(F)F. The third kappa shape index (κ3) is 5.81. The standard InChI is InChI=1S/C20H19F3N2O4/c1-11(26)13-4-7-18(29-3)14(8-13)9-19(28)25-17-6-5-15(24-12(2)27)10-16(17)20(21,22)23/h4-8,10H,9H2,1-3H3,(H,24,27)(H,25,28). The van der Waals surface area contributed by atoms with Crippen molar-refractivity contribution in [1.29, 1.82) is 0 Å². The second-order valence-electron chi connectivity index (χ2n) is 6.25. The molecule has 0 aliphatic heterocycles. The second-order valence-corrected chi connectivity index (χ2v) is 6.25. The van der Waals surface area contributed by atoms with Gasteiger partial charge in [0.1, 0.15) is 5.75 Å². The number of benzene rings is 2. The van der Waals surface area contributed by atoms with Gasteiger partial charge in [0.05, 0.1) is 24.8 Å². The van der Waals surface area contributed by atoms with E-state index in [0.29, 0.717) is 16.9 Å². The molecule has 0 radical (unpaired) electrons. The molecule has 0 unspecified atom stereocenters. The average molecular weight is 408 g/mol. The van der Waals surface area contributed by atoms with Crippen molar-refractivity contribution in [2.24, 2.45) is 0 Å². The van der Waals surface area contributed by atoms with E-state index >= 15 is 0 Å². The number of nitrogens with one attached hydrogen (secondary N) is 2. The normalized spacial score (nSPS) is 11.0. The fourth-order valence-corrected chi connectivity index (χ4v) is 2.67. The quantitative estimate of drug-likeness (QED) is 0.706. The number of alkyl halides is 3. The van der Waals surface area contributed by atoms with E-state index < -0.39 is 29.2 Å². The Morgan fingerprint density at radius 1 is 1.00 bits per heavy atom. The Labute approximate surface area is 165 Å². The molecule has 0 spiro atoms. The van der Waals surface area contributed by atoms with Crippen LogP contribution in [0.2, 0.25) is 0 Å². The monoisotopic (exact) mass is 408 g/mol. The summed E-state index contributed by atoms with van der Waals surface area (Å²) in [5, 5.41) is 4.50. The first-order chi connectivity index (χ1) is 13.5. The van der Waals surface area contributed by atoms with Crippen molar-refractivity contribution in [2.45, 2.75) is 26.4 Å². The van der Waals surface area contributed by atoms with E-state index in [-0.39, 0.29) is 17.9 Å². The van der Waals surface area contributed by atoms with E-state index in [4.69, 9.17) is 4.74 Å². The van der Waals surface area contributed by atoms with E-state index in [9.17, 15) is 27.6 Å². The smallest absolute Gasteiger partial charge is 0.418 e. The molecule has 0 atom stereocenters. The molecule has 0 bridgehead atoms. The minimum absolute atomic E-state index is 0.0429. The number of anilines is 2. The fourth-order valence-electron chi connectivity index (χ4n) is 2.67. The molecule has 6 nitrogen and oxygen atoms in total. The van der Waals surface area contributed by atoms with Gasteiger partial charge in [-0.25, -0.2) is 0 Å². The summed E-state index contributed by atoms with van der Waals surface area (Å²) in [6, 6.07) is 7.57. The van der Waals surface area contributed by atoms with Crippen LogP contribution in [0.1, 0.15) is 35.3 Å². The van der Waals surface area contributed by atoms with E-state index in [0.717, 1.165) is 12.1 Å². The molecule has 2 aromatic carbocycles. The van der Waals surface area contributed by atoms with Gasteiger partial charge in [-0.05, 0) is 43.3 Å². The minimum Gasteiger partial charge on any atom is -0.496 e. The van der Waals surface area contributed by atoms with Gasteiger partial charge in [-0.15, -0.1) is 0 Å². The van der Waals surface area contributed by atoms with Crippen LogP contribution in [0.15, 0.2) is 36.4 Å². The predicted octanol–water partition coefficient (Wildman–Crippen LogP) is 4.06. The van der Waals surface area contributed by atoms with Crippen LogP contribution in [0, 0.1) is 0 Å². The number of carbonyl (C=O) groups excluding carboxylic acids is 3. The molecule has 0 aliphatic carbocycles. The molecule has 2 N–H and O–H groups in total. The van der Waals surface area contributed by atoms with Gasteiger partial charge in [-0.3, -0.25) is 14.4 Å². The maximum absolute atomic E-state index is 13.4. The van der Waals surface area contributed by atoms with Crippen molar-refractivity contribution in [3.8, 4) is 5.75 Å². The summed E-state index contributed by atoms with van der Waals surface area (Å²) in [5.41, 5.74) is -0.871.